The molecule has 3 rings (SSSR count). The molecule has 15 nitrogen and oxygen atoms in total. The summed E-state index contributed by atoms with van der Waals surface area (Å²) in [5.74, 6) is -5.09. The zero-order chi connectivity index (χ0) is 29.4. The zero-order valence-corrected chi connectivity index (χ0v) is 21.6. The highest BCUT2D eigenvalue weighted by Gasteiger charge is 2.33. The minimum absolute atomic E-state index is 0.129. The van der Waals surface area contributed by atoms with Crippen molar-refractivity contribution in [3.8, 4) is 0 Å². The van der Waals surface area contributed by atoms with E-state index in [-0.39, 0.29) is 12.8 Å². The number of aliphatic hydroxyl groups is 1. The van der Waals surface area contributed by atoms with Crippen LogP contribution in [0.2, 0.25) is 0 Å². The number of nitrogens with zero attached hydrogens (tertiary/aromatic N) is 1. The summed E-state index contributed by atoms with van der Waals surface area (Å²) in [7, 11) is 0. The van der Waals surface area contributed by atoms with Crippen molar-refractivity contribution >= 4 is 40.5 Å². The summed E-state index contributed by atoms with van der Waals surface area (Å²) in [6, 6.07) is 1.78. The first-order chi connectivity index (χ1) is 19.0. The van der Waals surface area contributed by atoms with Gasteiger partial charge in [0.1, 0.15) is 18.1 Å². The maximum atomic E-state index is 13.0. The summed E-state index contributed by atoms with van der Waals surface area (Å²) >= 11 is 0. The summed E-state index contributed by atoms with van der Waals surface area (Å²) in [5.41, 5.74) is 13.4. The average Bonchev–Trinajstić information content (AvgIpc) is 3.55. The molecule has 2 aromatic heterocycles. The number of nitrogens with two attached hydrogens (primary N) is 2. The number of benzene rings is 1. The second kappa shape index (κ2) is 13.3. The Morgan fingerprint density at radius 1 is 0.975 bits per heavy atom. The molecule has 5 unspecified atom stereocenters. The smallest absolute Gasteiger partial charge is 0.326 e. The number of carboxylic acid groups (broad SMARTS) is 1. The number of hydrogen-bond donors (Lipinski definition) is 9. The van der Waals surface area contributed by atoms with Crippen LogP contribution in [0.1, 0.15) is 24.6 Å². The number of carbonyl (C=O) groups excluding carboxylic acids is 4. The maximum Gasteiger partial charge on any atom is 0.326 e. The Morgan fingerprint density at radius 3 is 2.30 bits per heavy atom. The van der Waals surface area contributed by atoms with E-state index in [1.165, 1.54) is 19.4 Å². The van der Waals surface area contributed by atoms with E-state index in [0.29, 0.717) is 5.69 Å². The normalized spacial score (nSPS) is 14.9. The van der Waals surface area contributed by atoms with Crippen LogP contribution in [0, 0.1) is 0 Å². The molecule has 0 fully saturated rings. The van der Waals surface area contributed by atoms with Crippen molar-refractivity contribution in [3.05, 3.63) is 54.2 Å². The molecular weight excluding hydrogens is 524 g/mol. The molecule has 0 saturated heterocycles. The molecule has 0 saturated carbocycles. The maximum absolute atomic E-state index is 13.0. The third kappa shape index (κ3) is 7.87. The molecule has 214 valence electrons. The van der Waals surface area contributed by atoms with E-state index < -0.39 is 66.3 Å². The third-order valence-corrected chi connectivity index (χ3v) is 6.15. The molecule has 3 aromatic rings. The standard InChI is InChI=1S/C25H32N8O7/c1-12(34)21(33-22(36)16(26)6-13-9-29-17-5-3-2-4-15(13)17)24(38)31-18(8-20(27)35)23(37)32-19(25(39)40)7-14-10-28-11-30-14/h2-5,9-12,16,18-19,21,29,34H,6-8,26H2,1H3,(H2,27,35)(H,28,30)(H,31,38)(H,32,37)(H,33,36)(H,39,40). The number of aromatic nitrogens is 3. The number of aromatic amines is 2. The van der Waals surface area contributed by atoms with Crippen molar-refractivity contribution in [3.63, 3.8) is 0 Å². The Bertz CT molecular complexity index is 1350. The van der Waals surface area contributed by atoms with Crippen molar-refractivity contribution in [2.45, 2.75) is 56.5 Å². The van der Waals surface area contributed by atoms with Gasteiger partial charge in [-0.05, 0) is 25.0 Å². The average molecular weight is 557 g/mol. The Balaban J connectivity index is 1.67. The minimum atomic E-state index is -1.59. The second-order valence-electron chi connectivity index (χ2n) is 9.31. The number of carbonyl (C=O) groups is 5. The van der Waals surface area contributed by atoms with Crippen LogP contribution < -0.4 is 27.4 Å². The van der Waals surface area contributed by atoms with Crippen LogP contribution in [0.25, 0.3) is 10.9 Å². The number of aliphatic hydroxyl groups excluding tert-OH is 1. The van der Waals surface area contributed by atoms with Gasteiger partial charge in [0.05, 0.1) is 24.9 Å². The van der Waals surface area contributed by atoms with Gasteiger partial charge in [-0.25, -0.2) is 9.78 Å². The van der Waals surface area contributed by atoms with Gasteiger partial charge in [0.15, 0.2) is 0 Å². The zero-order valence-electron chi connectivity index (χ0n) is 21.6. The number of imidazole rings is 1. The number of primary amides is 1. The van der Waals surface area contributed by atoms with Crippen molar-refractivity contribution in [1.82, 2.24) is 30.9 Å². The van der Waals surface area contributed by atoms with E-state index in [1.54, 1.807) is 6.20 Å². The third-order valence-electron chi connectivity index (χ3n) is 6.15. The Kier molecular flexibility index (Phi) is 9.94. The molecule has 1 aromatic carbocycles. The molecule has 0 aliphatic carbocycles. The SMILES string of the molecule is CC(O)C(NC(=O)C(N)Cc1c[nH]c2ccccc12)C(=O)NC(CC(N)=O)C(=O)NC(Cc1cnc[nH]1)C(=O)O. The highest BCUT2D eigenvalue weighted by Crippen LogP contribution is 2.18. The number of H-pyrrole nitrogens is 2. The number of fused-ring (bicyclic) bond motifs is 1. The van der Waals surface area contributed by atoms with E-state index in [0.717, 1.165) is 16.5 Å². The molecule has 0 radical (unpaired) electrons. The van der Waals surface area contributed by atoms with Gasteiger partial charge in [0, 0.05) is 35.4 Å². The van der Waals surface area contributed by atoms with Gasteiger partial charge < -0.3 is 47.6 Å². The number of nitrogens with one attached hydrogen (secondary N) is 5. The van der Waals surface area contributed by atoms with E-state index in [2.05, 4.69) is 30.9 Å². The topological polar surface area (TPSA) is 258 Å². The van der Waals surface area contributed by atoms with Crippen molar-refractivity contribution < 1.29 is 34.2 Å². The molecule has 5 atom stereocenters. The molecule has 11 N–H and O–H groups in total. The fourth-order valence-electron chi connectivity index (χ4n) is 4.06. The van der Waals surface area contributed by atoms with Crippen LogP contribution in [-0.2, 0) is 36.8 Å². The molecule has 0 bridgehead atoms. The summed E-state index contributed by atoms with van der Waals surface area (Å²) in [5, 5.41) is 27.5. The van der Waals surface area contributed by atoms with Gasteiger partial charge in [0.2, 0.25) is 23.6 Å². The highest BCUT2D eigenvalue weighted by atomic mass is 16.4. The van der Waals surface area contributed by atoms with Crippen LogP contribution >= 0.6 is 0 Å². The minimum Gasteiger partial charge on any atom is -0.480 e. The van der Waals surface area contributed by atoms with Gasteiger partial charge in [0.25, 0.3) is 0 Å². The van der Waals surface area contributed by atoms with Crippen molar-refractivity contribution in [1.29, 1.82) is 0 Å². The van der Waals surface area contributed by atoms with E-state index in [4.69, 9.17) is 11.5 Å². The van der Waals surface area contributed by atoms with Gasteiger partial charge in [-0.3, -0.25) is 19.2 Å². The summed E-state index contributed by atoms with van der Waals surface area (Å²) < 4.78 is 0. The fraction of sp³-hybridized carbons (Fsp3) is 0.360. The van der Waals surface area contributed by atoms with Crippen LogP contribution in [-0.4, -0.2) is 85.0 Å². The van der Waals surface area contributed by atoms with E-state index in [9.17, 15) is 34.2 Å². The monoisotopic (exact) mass is 556 g/mol. The molecule has 0 aliphatic heterocycles. The molecule has 0 spiro atoms. The predicted molar refractivity (Wildman–Crippen MR) is 141 cm³/mol. The van der Waals surface area contributed by atoms with E-state index in [1.807, 2.05) is 24.3 Å². The van der Waals surface area contributed by atoms with Gasteiger partial charge in [-0.1, -0.05) is 18.2 Å². The van der Waals surface area contributed by atoms with Crippen LogP contribution in [0.5, 0.6) is 0 Å². The first-order valence-corrected chi connectivity index (χ1v) is 12.3. The van der Waals surface area contributed by atoms with Crippen LogP contribution in [0.4, 0.5) is 0 Å². The number of rotatable bonds is 14. The van der Waals surface area contributed by atoms with Crippen LogP contribution in [0.15, 0.2) is 43.0 Å². The lowest BCUT2D eigenvalue weighted by Gasteiger charge is -2.26. The molecule has 4 amide bonds. The Labute approximate surface area is 228 Å². The fourth-order valence-corrected chi connectivity index (χ4v) is 4.06. The second-order valence-corrected chi connectivity index (χ2v) is 9.31. The number of amides is 4. The number of hydrogen-bond acceptors (Lipinski definition) is 8. The summed E-state index contributed by atoms with van der Waals surface area (Å²) in [6.45, 7) is 1.24. The Hall–Kier alpha value is -4.76. The lowest BCUT2D eigenvalue weighted by atomic mass is 10.0. The first kappa shape index (κ1) is 29.8. The van der Waals surface area contributed by atoms with Gasteiger partial charge in [-0.2, -0.15) is 0 Å². The largest absolute Gasteiger partial charge is 0.480 e. The highest BCUT2D eigenvalue weighted by molar-refractivity contribution is 5.96. The number of carboxylic acids is 1. The van der Waals surface area contributed by atoms with Gasteiger partial charge >= 0.3 is 5.97 Å². The molecular formula is C25H32N8O7. The number of aliphatic carboxylic acids is 1. The van der Waals surface area contributed by atoms with Crippen molar-refractivity contribution in [2.24, 2.45) is 11.5 Å². The molecule has 15 heteroatoms. The van der Waals surface area contributed by atoms with Crippen LogP contribution in [0.3, 0.4) is 0 Å². The molecule has 0 aliphatic rings. The predicted octanol–water partition coefficient (Wildman–Crippen LogP) is -2.20. The number of para-hydroxylation sites is 1. The first-order valence-electron chi connectivity index (χ1n) is 12.3. The summed E-state index contributed by atoms with van der Waals surface area (Å²) in [6.07, 6.45) is 2.32. The quantitative estimate of drug-likeness (QED) is 0.104. The Morgan fingerprint density at radius 2 is 1.68 bits per heavy atom. The summed E-state index contributed by atoms with van der Waals surface area (Å²) in [4.78, 5) is 71.6. The lowest BCUT2D eigenvalue weighted by molar-refractivity contribution is -0.142. The van der Waals surface area contributed by atoms with Crippen molar-refractivity contribution in [2.75, 3.05) is 0 Å². The molecule has 40 heavy (non-hydrogen) atoms. The van der Waals surface area contributed by atoms with E-state index >= 15 is 0 Å². The molecule has 2 heterocycles. The van der Waals surface area contributed by atoms with Gasteiger partial charge in [-0.15, -0.1) is 0 Å². The lowest BCUT2D eigenvalue weighted by Crippen LogP contribution is -2.60.